The van der Waals surface area contributed by atoms with Crippen LogP contribution in [0.4, 0.5) is 18.9 Å². The Balaban J connectivity index is 3.00. The van der Waals surface area contributed by atoms with Crippen LogP contribution in [0.1, 0.15) is 31.4 Å². The Kier molecular flexibility index (Phi) is 5.87. The van der Waals surface area contributed by atoms with E-state index in [-0.39, 0.29) is 18.5 Å². The Labute approximate surface area is 118 Å². The maximum atomic E-state index is 13.1. The van der Waals surface area contributed by atoms with Crippen LogP contribution in [0.2, 0.25) is 0 Å². The highest BCUT2D eigenvalue weighted by Gasteiger charge is 2.33. The number of nitrogens with two attached hydrogens (primary N) is 1. The van der Waals surface area contributed by atoms with E-state index >= 15 is 0 Å². The highest BCUT2D eigenvalue weighted by Crippen LogP contribution is 2.34. The van der Waals surface area contributed by atoms with Gasteiger partial charge in [0, 0.05) is 19.3 Å². The number of hydrogen-bond acceptors (Lipinski definition) is 2. The summed E-state index contributed by atoms with van der Waals surface area (Å²) in [7, 11) is 1.82. The minimum Gasteiger partial charge on any atom is -0.375 e. The van der Waals surface area contributed by atoms with Gasteiger partial charge in [0.15, 0.2) is 0 Å². The summed E-state index contributed by atoms with van der Waals surface area (Å²) in [4.78, 5) is 1.86. The molecule has 0 bridgehead atoms. The van der Waals surface area contributed by atoms with Crippen molar-refractivity contribution in [2.24, 2.45) is 11.7 Å². The minimum absolute atomic E-state index is 0.214. The Morgan fingerprint density at radius 1 is 1.25 bits per heavy atom. The van der Waals surface area contributed by atoms with Gasteiger partial charge in [0.1, 0.15) is 0 Å². The van der Waals surface area contributed by atoms with Crippen molar-refractivity contribution in [3.05, 3.63) is 29.3 Å². The van der Waals surface area contributed by atoms with Crippen LogP contribution in [-0.4, -0.2) is 20.1 Å². The standard InChI is InChI=1S/C15H23F3N2/c1-11(2)7-9-20(3)13-5-4-12(6-8-19)14(10-13)15(16,17)18/h4-5,10-11H,6-9,19H2,1-3H3. The molecule has 0 radical (unpaired) electrons. The molecule has 0 aliphatic carbocycles. The highest BCUT2D eigenvalue weighted by atomic mass is 19.4. The molecule has 0 aromatic heterocycles. The first-order valence-corrected chi connectivity index (χ1v) is 6.87. The lowest BCUT2D eigenvalue weighted by Crippen LogP contribution is -2.21. The molecule has 0 aliphatic heterocycles. The molecule has 0 unspecified atom stereocenters. The van der Waals surface area contributed by atoms with Gasteiger partial charge in [0.25, 0.3) is 0 Å². The second kappa shape index (κ2) is 6.97. The molecule has 0 heterocycles. The zero-order valence-electron chi connectivity index (χ0n) is 12.3. The molecule has 20 heavy (non-hydrogen) atoms. The number of nitrogens with zero attached hydrogens (tertiary/aromatic N) is 1. The van der Waals surface area contributed by atoms with Gasteiger partial charge in [-0.1, -0.05) is 19.9 Å². The van der Waals surface area contributed by atoms with Crippen LogP contribution in [0.5, 0.6) is 0 Å². The predicted molar refractivity (Wildman–Crippen MR) is 76.9 cm³/mol. The van der Waals surface area contributed by atoms with E-state index in [0.717, 1.165) is 13.0 Å². The third kappa shape index (κ3) is 4.71. The summed E-state index contributed by atoms with van der Waals surface area (Å²) in [6.45, 7) is 5.15. The number of hydrogen-bond donors (Lipinski definition) is 1. The summed E-state index contributed by atoms with van der Waals surface area (Å²) in [6.07, 6.45) is -3.15. The monoisotopic (exact) mass is 288 g/mol. The zero-order valence-corrected chi connectivity index (χ0v) is 12.3. The topological polar surface area (TPSA) is 29.3 Å². The number of anilines is 1. The first-order valence-electron chi connectivity index (χ1n) is 6.87. The van der Waals surface area contributed by atoms with Crippen LogP contribution >= 0.6 is 0 Å². The molecule has 1 aromatic carbocycles. The van der Waals surface area contributed by atoms with Gasteiger partial charge in [0.05, 0.1) is 5.56 Å². The van der Waals surface area contributed by atoms with E-state index in [0.29, 0.717) is 11.6 Å². The molecular formula is C15H23F3N2. The second-order valence-electron chi connectivity index (χ2n) is 5.48. The number of alkyl halides is 3. The average Bonchev–Trinajstić information content (AvgIpc) is 2.35. The van der Waals surface area contributed by atoms with Crippen molar-refractivity contribution in [2.45, 2.75) is 32.9 Å². The smallest absolute Gasteiger partial charge is 0.375 e. The summed E-state index contributed by atoms with van der Waals surface area (Å²) in [5.41, 5.74) is 5.66. The molecule has 0 spiro atoms. The average molecular weight is 288 g/mol. The fourth-order valence-corrected chi connectivity index (χ4v) is 2.02. The highest BCUT2D eigenvalue weighted by molar-refractivity contribution is 5.51. The third-order valence-corrected chi connectivity index (χ3v) is 3.30. The Morgan fingerprint density at radius 2 is 1.90 bits per heavy atom. The van der Waals surface area contributed by atoms with Gasteiger partial charge in [-0.2, -0.15) is 13.2 Å². The van der Waals surface area contributed by atoms with E-state index in [9.17, 15) is 13.2 Å². The fourth-order valence-electron chi connectivity index (χ4n) is 2.02. The van der Waals surface area contributed by atoms with Gasteiger partial charge in [-0.15, -0.1) is 0 Å². The van der Waals surface area contributed by atoms with Crippen LogP contribution in [0.25, 0.3) is 0 Å². The van der Waals surface area contributed by atoms with Gasteiger partial charge in [-0.05, 0) is 43.0 Å². The van der Waals surface area contributed by atoms with Crippen molar-refractivity contribution in [3.8, 4) is 0 Å². The van der Waals surface area contributed by atoms with E-state index in [2.05, 4.69) is 13.8 Å². The van der Waals surface area contributed by atoms with Crippen molar-refractivity contribution in [3.63, 3.8) is 0 Å². The lowest BCUT2D eigenvalue weighted by molar-refractivity contribution is -0.138. The van der Waals surface area contributed by atoms with Gasteiger partial charge < -0.3 is 10.6 Å². The first-order chi connectivity index (χ1) is 9.25. The summed E-state index contributed by atoms with van der Waals surface area (Å²) in [5, 5.41) is 0. The summed E-state index contributed by atoms with van der Waals surface area (Å²) in [6, 6.07) is 4.50. The van der Waals surface area contributed by atoms with Gasteiger partial charge in [-0.25, -0.2) is 0 Å². The zero-order chi connectivity index (χ0) is 15.3. The molecule has 2 nitrogen and oxygen atoms in total. The second-order valence-corrected chi connectivity index (χ2v) is 5.48. The maximum absolute atomic E-state index is 13.1. The molecule has 5 heteroatoms. The van der Waals surface area contributed by atoms with Crippen LogP contribution in [-0.2, 0) is 12.6 Å². The molecule has 0 amide bonds. The molecule has 0 atom stereocenters. The van der Waals surface area contributed by atoms with E-state index in [1.165, 1.54) is 12.1 Å². The molecular weight excluding hydrogens is 265 g/mol. The quantitative estimate of drug-likeness (QED) is 0.865. The SMILES string of the molecule is CC(C)CCN(C)c1ccc(CCN)c(C(F)(F)F)c1. The lowest BCUT2D eigenvalue weighted by Gasteiger charge is -2.23. The minimum atomic E-state index is -4.33. The van der Waals surface area contributed by atoms with Gasteiger partial charge in [-0.3, -0.25) is 0 Å². The van der Waals surface area contributed by atoms with Crippen LogP contribution in [0.15, 0.2) is 18.2 Å². The molecule has 0 aliphatic rings. The predicted octanol–water partition coefficient (Wildman–Crippen LogP) is 3.69. The van der Waals surface area contributed by atoms with E-state index in [1.54, 1.807) is 6.07 Å². The van der Waals surface area contributed by atoms with E-state index in [4.69, 9.17) is 5.73 Å². The number of rotatable bonds is 6. The number of halogens is 3. The first kappa shape index (κ1) is 16.8. The van der Waals surface area contributed by atoms with Crippen LogP contribution in [0, 0.1) is 5.92 Å². The molecule has 1 rings (SSSR count). The Morgan fingerprint density at radius 3 is 2.40 bits per heavy atom. The number of benzene rings is 1. The summed E-state index contributed by atoms with van der Waals surface area (Å²) >= 11 is 0. The third-order valence-electron chi connectivity index (χ3n) is 3.30. The lowest BCUT2D eigenvalue weighted by atomic mass is 10.0. The summed E-state index contributed by atoms with van der Waals surface area (Å²) < 4.78 is 39.2. The molecule has 1 aromatic rings. The summed E-state index contributed by atoms with van der Waals surface area (Å²) in [5.74, 6) is 0.524. The molecule has 2 N–H and O–H groups in total. The van der Waals surface area contributed by atoms with Crippen molar-refractivity contribution < 1.29 is 13.2 Å². The Bertz CT molecular complexity index is 428. The molecule has 114 valence electrons. The van der Waals surface area contributed by atoms with Crippen molar-refractivity contribution in [2.75, 3.05) is 25.0 Å². The van der Waals surface area contributed by atoms with Crippen molar-refractivity contribution in [1.29, 1.82) is 0 Å². The van der Waals surface area contributed by atoms with Crippen LogP contribution in [0.3, 0.4) is 0 Å². The van der Waals surface area contributed by atoms with Crippen molar-refractivity contribution in [1.82, 2.24) is 0 Å². The largest absolute Gasteiger partial charge is 0.416 e. The molecule has 0 saturated carbocycles. The van der Waals surface area contributed by atoms with Gasteiger partial charge in [0.2, 0.25) is 0 Å². The Hall–Kier alpha value is -1.23. The van der Waals surface area contributed by atoms with Gasteiger partial charge >= 0.3 is 6.18 Å². The normalized spacial score (nSPS) is 12.0. The van der Waals surface area contributed by atoms with E-state index in [1.807, 2.05) is 11.9 Å². The maximum Gasteiger partial charge on any atom is 0.416 e. The fraction of sp³-hybridized carbons (Fsp3) is 0.600. The van der Waals surface area contributed by atoms with Crippen LogP contribution < -0.4 is 10.6 Å². The molecule has 0 fully saturated rings. The van der Waals surface area contributed by atoms with Crippen molar-refractivity contribution >= 4 is 5.69 Å². The molecule has 0 saturated heterocycles. The van der Waals surface area contributed by atoms with E-state index < -0.39 is 11.7 Å².